The molecule has 0 saturated carbocycles. The number of aromatic nitrogens is 4. The van der Waals surface area contributed by atoms with Crippen LogP contribution in [0.25, 0.3) is 66.3 Å². The van der Waals surface area contributed by atoms with Crippen LogP contribution < -0.4 is 0 Å². The van der Waals surface area contributed by atoms with Crippen LogP contribution in [0.5, 0.6) is 0 Å². The van der Waals surface area contributed by atoms with E-state index >= 15 is 0 Å². The van der Waals surface area contributed by atoms with E-state index in [0.29, 0.717) is 0 Å². The molecule has 41 heavy (non-hydrogen) atoms. The molecule has 0 radical (unpaired) electrons. The number of rotatable bonds is 3. The van der Waals surface area contributed by atoms with Gasteiger partial charge in [-0.05, 0) is 52.7 Å². The Morgan fingerprint density at radius 2 is 1.59 bits per heavy atom. The molecule has 7 aromatic rings. The summed E-state index contributed by atoms with van der Waals surface area (Å²) in [4.78, 5) is 15.6. The van der Waals surface area contributed by atoms with E-state index in [0.717, 1.165) is 83.1 Å². The molecule has 4 nitrogen and oxygen atoms in total. The van der Waals surface area contributed by atoms with Crippen molar-refractivity contribution in [3.63, 3.8) is 0 Å². The third kappa shape index (κ3) is 3.69. The van der Waals surface area contributed by atoms with Crippen LogP contribution in [-0.4, -0.2) is 19.5 Å². The van der Waals surface area contributed by atoms with Crippen LogP contribution in [0.15, 0.2) is 120 Å². The zero-order chi connectivity index (χ0) is 27.3. The highest BCUT2D eigenvalue weighted by molar-refractivity contribution is 7.80. The van der Waals surface area contributed by atoms with Gasteiger partial charge >= 0.3 is 0 Å². The Morgan fingerprint density at radius 1 is 0.805 bits per heavy atom. The van der Waals surface area contributed by atoms with Crippen molar-refractivity contribution in [1.29, 1.82) is 0 Å². The quantitative estimate of drug-likeness (QED) is 0.180. The SMILES string of the molecule is Sc1c(C2=CC=CCC#C2)c2ccccc2c2c3ncccc3n(-c3cc(-c4ccccc4)c4ncccc4n3)c12. The number of hydrogen-bond acceptors (Lipinski definition) is 4. The third-order valence-electron chi connectivity index (χ3n) is 7.63. The summed E-state index contributed by atoms with van der Waals surface area (Å²) in [6.45, 7) is 0. The smallest absolute Gasteiger partial charge is 0.139 e. The van der Waals surface area contributed by atoms with Crippen molar-refractivity contribution in [2.24, 2.45) is 0 Å². The number of pyridine rings is 3. The predicted molar refractivity (Wildman–Crippen MR) is 171 cm³/mol. The summed E-state index contributed by atoms with van der Waals surface area (Å²) >= 11 is 5.26. The molecule has 0 atom stereocenters. The van der Waals surface area contributed by atoms with E-state index < -0.39 is 0 Å². The van der Waals surface area contributed by atoms with Crippen molar-refractivity contribution in [2.75, 3.05) is 0 Å². The van der Waals surface area contributed by atoms with Crippen LogP contribution in [0.2, 0.25) is 0 Å². The Kier molecular flexibility index (Phi) is 5.48. The van der Waals surface area contributed by atoms with Gasteiger partial charge in [-0.15, -0.1) is 12.6 Å². The lowest BCUT2D eigenvalue weighted by atomic mass is 9.95. The number of fused-ring (bicyclic) bond motifs is 6. The minimum absolute atomic E-state index is 0.726. The maximum Gasteiger partial charge on any atom is 0.139 e. The Hall–Kier alpha value is -5.18. The van der Waals surface area contributed by atoms with Gasteiger partial charge in [0.25, 0.3) is 0 Å². The largest absolute Gasteiger partial charge is 0.291 e. The molecule has 0 amide bonds. The van der Waals surface area contributed by atoms with Crippen LogP contribution >= 0.6 is 12.6 Å². The first-order valence-corrected chi connectivity index (χ1v) is 13.9. The highest BCUT2D eigenvalue weighted by atomic mass is 32.1. The molecule has 0 saturated heterocycles. The first-order chi connectivity index (χ1) is 20.3. The van der Waals surface area contributed by atoms with Gasteiger partial charge in [0.1, 0.15) is 5.82 Å². The highest BCUT2D eigenvalue weighted by Gasteiger charge is 2.24. The molecule has 5 heteroatoms. The van der Waals surface area contributed by atoms with Gasteiger partial charge in [-0.25, -0.2) is 4.98 Å². The van der Waals surface area contributed by atoms with E-state index in [2.05, 4.69) is 95.3 Å². The number of benzene rings is 3. The molecule has 192 valence electrons. The van der Waals surface area contributed by atoms with Crippen molar-refractivity contribution >= 4 is 61.9 Å². The maximum absolute atomic E-state index is 5.26. The Morgan fingerprint density at radius 3 is 2.46 bits per heavy atom. The van der Waals surface area contributed by atoms with Gasteiger partial charge in [-0.3, -0.25) is 14.5 Å². The molecule has 0 bridgehead atoms. The van der Waals surface area contributed by atoms with Crippen molar-refractivity contribution in [1.82, 2.24) is 19.5 Å². The number of nitrogens with zero attached hydrogens (tertiary/aromatic N) is 4. The van der Waals surface area contributed by atoms with Crippen molar-refractivity contribution in [3.05, 3.63) is 121 Å². The normalized spacial score (nSPS) is 13.0. The average Bonchev–Trinajstić information content (AvgIpc) is 3.15. The fourth-order valence-corrected chi connectivity index (χ4v) is 6.35. The van der Waals surface area contributed by atoms with E-state index in [1.54, 1.807) is 0 Å². The minimum Gasteiger partial charge on any atom is -0.291 e. The van der Waals surface area contributed by atoms with Crippen molar-refractivity contribution in [3.8, 4) is 28.8 Å². The van der Waals surface area contributed by atoms with E-state index in [1.165, 1.54) is 0 Å². The van der Waals surface area contributed by atoms with E-state index in [-0.39, 0.29) is 0 Å². The molecule has 0 unspecified atom stereocenters. The van der Waals surface area contributed by atoms with Crippen molar-refractivity contribution in [2.45, 2.75) is 11.3 Å². The molecule has 1 aliphatic carbocycles. The molecule has 0 N–H and O–H groups in total. The summed E-state index contributed by atoms with van der Waals surface area (Å²) in [5.41, 5.74) is 8.61. The van der Waals surface area contributed by atoms with Crippen LogP contribution in [0.4, 0.5) is 0 Å². The topological polar surface area (TPSA) is 43.6 Å². The van der Waals surface area contributed by atoms with Crippen LogP contribution in [0, 0.1) is 11.8 Å². The van der Waals surface area contributed by atoms with E-state index in [4.69, 9.17) is 27.6 Å². The summed E-state index contributed by atoms with van der Waals surface area (Å²) < 4.78 is 2.20. The van der Waals surface area contributed by atoms with Crippen LogP contribution in [0.1, 0.15) is 12.0 Å². The molecule has 4 heterocycles. The van der Waals surface area contributed by atoms with Gasteiger partial charge in [0, 0.05) is 45.8 Å². The zero-order valence-electron chi connectivity index (χ0n) is 21.9. The predicted octanol–water partition coefficient (Wildman–Crippen LogP) is 8.58. The van der Waals surface area contributed by atoms with Crippen LogP contribution in [0.3, 0.4) is 0 Å². The Bertz CT molecular complexity index is 2300. The average molecular weight is 543 g/mol. The van der Waals surface area contributed by atoms with Gasteiger partial charge in [0.15, 0.2) is 0 Å². The first-order valence-electron chi connectivity index (χ1n) is 13.5. The van der Waals surface area contributed by atoms with Gasteiger partial charge in [-0.2, -0.15) is 0 Å². The highest BCUT2D eigenvalue weighted by Crippen LogP contribution is 2.44. The second-order valence-electron chi connectivity index (χ2n) is 9.98. The van der Waals surface area contributed by atoms with Gasteiger partial charge in [-0.1, -0.05) is 78.6 Å². The van der Waals surface area contributed by atoms with Gasteiger partial charge in [0.2, 0.25) is 0 Å². The summed E-state index contributed by atoms with van der Waals surface area (Å²) in [5, 5.41) is 3.27. The van der Waals surface area contributed by atoms with Crippen molar-refractivity contribution < 1.29 is 0 Å². The first kappa shape index (κ1) is 23.7. The molecule has 8 rings (SSSR count). The summed E-state index contributed by atoms with van der Waals surface area (Å²) in [5.74, 6) is 7.46. The van der Waals surface area contributed by atoms with E-state index in [9.17, 15) is 0 Å². The fraction of sp³-hybridized carbons (Fsp3) is 0.0278. The standard InChI is InChI=1S/C36H22N4S/c41-36-31(24-14-4-1-2-5-15-24)25-16-8-9-17-26(25)32-34-29(19-11-21-38-34)40(35(32)36)30-22-27(23-12-6-3-7-13-23)33-28(39-30)18-10-20-37-33/h1,3-4,6-14,16-22,41H,2H2. The summed E-state index contributed by atoms with van der Waals surface area (Å²) in [7, 11) is 0. The molecular weight excluding hydrogens is 520 g/mol. The van der Waals surface area contributed by atoms with Gasteiger partial charge < -0.3 is 0 Å². The molecule has 1 aliphatic rings. The lowest BCUT2D eigenvalue weighted by Gasteiger charge is -2.16. The number of allylic oxidation sites excluding steroid dienone is 4. The second-order valence-corrected chi connectivity index (χ2v) is 10.4. The molecule has 0 fully saturated rings. The van der Waals surface area contributed by atoms with Crippen LogP contribution in [-0.2, 0) is 0 Å². The zero-order valence-corrected chi connectivity index (χ0v) is 22.8. The molecule has 4 aromatic heterocycles. The lowest BCUT2D eigenvalue weighted by Crippen LogP contribution is -2.01. The molecule has 0 aliphatic heterocycles. The molecule has 0 spiro atoms. The maximum atomic E-state index is 5.26. The molecular formula is C36H22N4S. The fourth-order valence-electron chi connectivity index (χ4n) is 5.89. The minimum atomic E-state index is 0.726. The summed E-state index contributed by atoms with van der Waals surface area (Å²) in [6.07, 6.45) is 10.6. The molecule has 3 aromatic carbocycles. The number of thiol groups is 1. The number of hydrogen-bond donors (Lipinski definition) is 1. The Balaban J connectivity index is 1.57. The summed E-state index contributed by atoms with van der Waals surface area (Å²) in [6, 6.07) is 29.0. The Labute approximate surface area is 242 Å². The lowest BCUT2D eigenvalue weighted by molar-refractivity contribution is 1.08. The van der Waals surface area contributed by atoms with E-state index in [1.807, 2.05) is 36.7 Å². The second kappa shape index (κ2) is 9.48. The monoisotopic (exact) mass is 542 g/mol. The third-order valence-corrected chi connectivity index (χ3v) is 8.06. The van der Waals surface area contributed by atoms with Gasteiger partial charge in [0.05, 0.1) is 27.6 Å².